The molecule has 0 bridgehead atoms. The SMILES string of the molecule is Cc1sc2c(c1C)C(c1ccc(N3CCC4(CC3)CN(CCOc3ccc([C@@H]5c6ccc(O)cc6CC[C@@H]5c5ccccc5)cc3)C4)cc1)=N[C@@H](C)c1nnc(C)n1-2. The van der Waals surface area contributed by atoms with Crippen molar-refractivity contribution >= 4 is 22.7 Å². The van der Waals surface area contributed by atoms with Crippen LogP contribution in [0.5, 0.6) is 11.5 Å². The van der Waals surface area contributed by atoms with Gasteiger partial charge in [-0.1, -0.05) is 60.7 Å². The highest BCUT2D eigenvalue weighted by atomic mass is 32.1. The van der Waals surface area contributed by atoms with Crippen LogP contribution in [0.15, 0.2) is 102 Å². The van der Waals surface area contributed by atoms with Gasteiger partial charge in [-0.3, -0.25) is 14.5 Å². The van der Waals surface area contributed by atoms with E-state index in [9.17, 15) is 5.11 Å². The number of aromatic nitrogens is 3. The predicted octanol–water partition coefficient (Wildman–Crippen LogP) is 9.71. The fraction of sp³-hybridized carbons (Fsp3) is 0.367. The zero-order valence-corrected chi connectivity index (χ0v) is 34.8. The van der Waals surface area contributed by atoms with Crippen molar-refractivity contribution in [1.29, 1.82) is 0 Å². The van der Waals surface area contributed by atoms with E-state index in [2.05, 4.69) is 130 Å². The van der Waals surface area contributed by atoms with E-state index >= 15 is 0 Å². The van der Waals surface area contributed by atoms with Crippen LogP contribution in [0.25, 0.3) is 5.00 Å². The number of ether oxygens (including phenoxy) is 1. The topological polar surface area (TPSA) is 79.0 Å². The molecular formula is C49H52N6O2S. The lowest BCUT2D eigenvalue weighted by atomic mass is 9.69. The van der Waals surface area contributed by atoms with E-state index in [0.29, 0.717) is 23.7 Å². The number of thiophene rings is 1. The van der Waals surface area contributed by atoms with Gasteiger partial charge in [-0.25, -0.2) is 0 Å². The van der Waals surface area contributed by atoms with Crippen LogP contribution in [0, 0.1) is 26.2 Å². The van der Waals surface area contributed by atoms with Gasteiger partial charge >= 0.3 is 0 Å². The van der Waals surface area contributed by atoms with Crippen molar-refractivity contribution in [3.05, 3.63) is 153 Å². The largest absolute Gasteiger partial charge is 0.508 e. The lowest BCUT2D eigenvalue weighted by molar-refractivity contribution is -0.0243. The van der Waals surface area contributed by atoms with Gasteiger partial charge in [-0.05, 0) is 129 Å². The van der Waals surface area contributed by atoms with E-state index < -0.39 is 0 Å². The molecule has 58 heavy (non-hydrogen) atoms. The van der Waals surface area contributed by atoms with Gasteiger partial charge < -0.3 is 14.7 Å². The number of phenolic OH excluding ortho intramolecular Hbond substituents is 1. The molecule has 1 spiro atoms. The molecule has 2 aromatic heterocycles. The van der Waals surface area contributed by atoms with E-state index in [1.807, 2.05) is 30.4 Å². The Labute approximate surface area is 345 Å². The second kappa shape index (κ2) is 14.8. The maximum absolute atomic E-state index is 10.2. The van der Waals surface area contributed by atoms with Crippen LogP contribution in [-0.4, -0.2) is 69.8 Å². The summed E-state index contributed by atoms with van der Waals surface area (Å²) in [5.41, 5.74) is 11.7. The minimum Gasteiger partial charge on any atom is -0.508 e. The maximum Gasteiger partial charge on any atom is 0.162 e. The van der Waals surface area contributed by atoms with Crippen molar-refractivity contribution in [3.8, 4) is 16.5 Å². The van der Waals surface area contributed by atoms with Crippen LogP contribution in [0.1, 0.15) is 99.5 Å². The van der Waals surface area contributed by atoms with E-state index in [1.165, 1.54) is 61.8 Å². The first kappa shape index (κ1) is 37.0. The average molecular weight is 789 g/mol. The Morgan fingerprint density at radius 2 is 1.62 bits per heavy atom. The van der Waals surface area contributed by atoms with Gasteiger partial charge in [0.15, 0.2) is 5.82 Å². The maximum atomic E-state index is 10.2. The number of benzene rings is 4. The van der Waals surface area contributed by atoms with E-state index in [4.69, 9.17) is 9.73 Å². The summed E-state index contributed by atoms with van der Waals surface area (Å²) in [5, 5.41) is 20.3. The van der Waals surface area contributed by atoms with Gasteiger partial charge in [-0.15, -0.1) is 21.5 Å². The van der Waals surface area contributed by atoms with E-state index in [1.54, 1.807) is 0 Å². The van der Waals surface area contributed by atoms with Gasteiger partial charge in [0.25, 0.3) is 0 Å². The van der Waals surface area contributed by atoms with Gasteiger partial charge in [-0.2, -0.15) is 0 Å². The smallest absolute Gasteiger partial charge is 0.162 e. The molecule has 4 aromatic carbocycles. The monoisotopic (exact) mass is 788 g/mol. The number of anilines is 1. The summed E-state index contributed by atoms with van der Waals surface area (Å²) in [6, 6.07) is 34.6. The van der Waals surface area contributed by atoms with Crippen molar-refractivity contribution in [2.24, 2.45) is 10.4 Å². The molecule has 3 atom stereocenters. The number of aromatic hydroxyl groups is 1. The summed E-state index contributed by atoms with van der Waals surface area (Å²) in [5.74, 6) is 3.73. The summed E-state index contributed by atoms with van der Waals surface area (Å²) in [7, 11) is 0. The molecule has 8 nitrogen and oxygen atoms in total. The zero-order chi connectivity index (χ0) is 39.5. The number of hydrogen-bond acceptors (Lipinski definition) is 8. The van der Waals surface area contributed by atoms with Crippen molar-refractivity contribution in [3.63, 3.8) is 0 Å². The Morgan fingerprint density at radius 3 is 2.38 bits per heavy atom. The van der Waals surface area contributed by atoms with Gasteiger partial charge in [0, 0.05) is 60.3 Å². The molecule has 2 saturated heterocycles. The molecule has 0 amide bonds. The molecule has 9 heteroatoms. The zero-order valence-electron chi connectivity index (χ0n) is 34.0. The molecule has 3 aliphatic heterocycles. The fourth-order valence-corrected chi connectivity index (χ4v) is 11.5. The number of nitrogens with zero attached hydrogens (tertiary/aromatic N) is 6. The minimum atomic E-state index is -0.0780. The highest BCUT2D eigenvalue weighted by molar-refractivity contribution is 7.15. The van der Waals surface area contributed by atoms with E-state index in [-0.39, 0.29) is 12.0 Å². The standard InChI is InChI=1S/C49H52N6O2S/c1-31-33(3)58-48-44(31)46(50-32(2)47-52-51-34(4)55(47)48)37-10-15-39(16-11-37)54-24-22-49(23-25-54)29-53(30-49)26-27-57-41-18-12-36(13-19-41)45-42(35-8-6-5-7-9-35)20-14-38-28-40(56)17-21-43(38)45/h5-13,15-19,21,28,32,42,45,56H,14,20,22-27,29-30H2,1-4H3/t32-,42+,45-/m0/s1. The first-order chi connectivity index (χ1) is 28.2. The molecule has 0 saturated carbocycles. The van der Waals surface area contributed by atoms with E-state index in [0.717, 1.165) is 74.2 Å². The number of piperidine rings is 1. The molecule has 296 valence electrons. The third-order valence-corrected chi connectivity index (χ3v) is 14.7. The molecule has 1 N–H and O–H groups in total. The Kier molecular flexibility index (Phi) is 9.48. The Morgan fingerprint density at radius 1 is 0.862 bits per heavy atom. The van der Waals surface area contributed by atoms with Crippen molar-refractivity contribution < 1.29 is 9.84 Å². The fourth-order valence-electron chi connectivity index (χ4n) is 10.3. The van der Waals surface area contributed by atoms with Gasteiger partial charge in [0.1, 0.15) is 35.0 Å². The molecule has 0 radical (unpaired) electrons. The van der Waals surface area contributed by atoms with Gasteiger partial charge in [0.2, 0.25) is 0 Å². The van der Waals surface area contributed by atoms with Crippen molar-refractivity contribution in [1.82, 2.24) is 19.7 Å². The number of phenols is 1. The number of likely N-dealkylation sites (tertiary alicyclic amines) is 1. The summed E-state index contributed by atoms with van der Waals surface area (Å²) in [6.07, 6.45) is 4.49. The Hall–Kier alpha value is -5.25. The first-order valence-electron chi connectivity index (χ1n) is 21.0. The minimum absolute atomic E-state index is 0.0780. The van der Waals surface area contributed by atoms with Crippen LogP contribution in [-0.2, 0) is 6.42 Å². The summed E-state index contributed by atoms with van der Waals surface area (Å²) >= 11 is 1.81. The average Bonchev–Trinajstić information content (AvgIpc) is 3.73. The van der Waals surface area contributed by atoms with Gasteiger partial charge in [0.05, 0.1) is 5.71 Å². The number of aliphatic imine (C=N–C) groups is 1. The van der Waals surface area contributed by atoms with Crippen LogP contribution in [0.4, 0.5) is 5.69 Å². The molecule has 4 aliphatic rings. The second-order valence-corrected chi connectivity index (χ2v) is 18.3. The quantitative estimate of drug-likeness (QED) is 0.166. The molecule has 0 unspecified atom stereocenters. The highest BCUT2D eigenvalue weighted by Gasteiger charge is 2.44. The third-order valence-electron chi connectivity index (χ3n) is 13.5. The number of rotatable bonds is 8. The lowest BCUT2D eigenvalue weighted by Gasteiger charge is -2.54. The summed E-state index contributed by atoms with van der Waals surface area (Å²) < 4.78 is 8.52. The second-order valence-electron chi connectivity index (χ2n) is 17.1. The van der Waals surface area contributed by atoms with Crippen molar-refractivity contribution in [2.45, 2.75) is 71.3 Å². The van der Waals surface area contributed by atoms with Crippen LogP contribution in [0.2, 0.25) is 0 Å². The number of aryl methyl sites for hydroxylation is 3. The number of fused-ring (bicyclic) bond motifs is 4. The number of hydrogen-bond donors (Lipinski definition) is 1. The Balaban J connectivity index is 0.733. The molecule has 1 aliphatic carbocycles. The normalized spacial score (nSPS) is 21.1. The summed E-state index contributed by atoms with van der Waals surface area (Å²) in [6.45, 7) is 14.7. The molecule has 10 rings (SSSR count). The molecule has 2 fully saturated rings. The summed E-state index contributed by atoms with van der Waals surface area (Å²) in [4.78, 5) is 11.7. The van der Waals surface area contributed by atoms with Crippen LogP contribution >= 0.6 is 11.3 Å². The molecular weight excluding hydrogens is 737 g/mol. The van der Waals surface area contributed by atoms with Crippen LogP contribution < -0.4 is 9.64 Å². The highest BCUT2D eigenvalue weighted by Crippen LogP contribution is 2.47. The van der Waals surface area contributed by atoms with Crippen molar-refractivity contribution in [2.75, 3.05) is 44.2 Å². The molecule has 5 heterocycles. The lowest BCUT2D eigenvalue weighted by Crippen LogP contribution is -2.60. The molecule has 6 aromatic rings. The first-order valence-corrected chi connectivity index (χ1v) is 21.8. The van der Waals surface area contributed by atoms with Crippen LogP contribution in [0.3, 0.4) is 0 Å². The Bertz CT molecular complexity index is 2470. The predicted molar refractivity (Wildman–Crippen MR) is 234 cm³/mol. The third kappa shape index (κ3) is 6.62.